The average Bonchev–Trinajstić information content (AvgIpc) is 2.59. The van der Waals surface area contributed by atoms with Gasteiger partial charge >= 0.3 is 0 Å². The van der Waals surface area contributed by atoms with Crippen LogP contribution in [0.3, 0.4) is 0 Å². The summed E-state index contributed by atoms with van der Waals surface area (Å²) in [6, 6.07) is 14.0. The summed E-state index contributed by atoms with van der Waals surface area (Å²) in [5.74, 6) is -0.106. The van der Waals surface area contributed by atoms with E-state index in [9.17, 15) is 14.9 Å². The summed E-state index contributed by atoms with van der Waals surface area (Å²) in [4.78, 5) is 22.5. The van der Waals surface area contributed by atoms with Crippen LogP contribution in [-0.4, -0.2) is 17.4 Å². The molecule has 25 heavy (non-hydrogen) atoms. The molecule has 1 amide bonds. The van der Waals surface area contributed by atoms with Gasteiger partial charge in [0, 0.05) is 30.8 Å². The topological polar surface area (TPSA) is 84.3 Å². The van der Waals surface area contributed by atoms with Crippen molar-refractivity contribution in [3.63, 3.8) is 0 Å². The molecule has 0 aliphatic heterocycles. The Morgan fingerprint density at radius 2 is 1.92 bits per heavy atom. The molecule has 0 radical (unpaired) electrons. The van der Waals surface area contributed by atoms with Gasteiger partial charge in [0.2, 0.25) is 5.91 Å². The number of carbonyl (C=O) groups excluding carboxylic acids is 1. The van der Waals surface area contributed by atoms with E-state index in [0.717, 1.165) is 23.4 Å². The number of anilines is 1. The predicted octanol–water partition coefficient (Wildman–Crippen LogP) is 3.70. The van der Waals surface area contributed by atoms with E-state index in [1.165, 1.54) is 12.1 Å². The van der Waals surface area contributed by atoms with Crippen molar-refractivity contribution in [1.29, 1.82) is 0 Å². The van der Waals surface area contributed by atoms with Crippen LogP contribution in [0.25, 0.3) is 0 Å². The molecule has 7 heteroatoms. The normalized spacial score (nSPS) is 9.96. The van der Waals surface area contributed by atoms with Crippen molar-refractivity contribution in [3.05, 3.63) is 69.8 Å². The number of nitro benzene ring substituents is 1. The highest BCUT2D eigenvalue weighted by Crippen LogP contribution is 2.17. The molecule has 0 aromatic heterocycles. The zero-order valence-corrected chi connectivity index (χ0v) is 14.8. The monoisotopic (exact) mass is 363 g/mol. The molecule has 2 aromatic carbocycles. The molecule has 0 bridgehead atoms. The third kappa shape index (κ3) is 6.52. The van der Waals surface area contributed by atoms with Crippen molar-refractivity contribution in [2.45, 2.75) is 26.3 Å². The zero-order chi connectivity index (χ0) is 17.4. The molecule has 0 saturated heterocycles. The van der Waals surface area contributed by atoms with Crippen LogP contribution < -0.4 is 10.6 Å². The fourth-order valence-corrected chi connectivity index (χ4v) is 2.35. The number of amides is 1. The van der Waals surface area contributed by atoms with Crippen LogP contribution in [0.1, 0.15) is 24.5 Å². The number of hydrogen-bond acceptors (Lipinski definition) is 4. The molecule has 2 aromatic rings. The number of rotatable bonds is 8. The number of nitrogens with one attached hydrogen (secondary N) is 2. The molecule has 6 nitrogen and oxygen atoms in total. The molecule has 0 fully saturated rings. The van der Waals surface area contributed by atoms with Crippen molar-refractivity contribution < 1.29 is 9.72 Å². The van der Waals surface area contributed by atoms with Crippen LogP contribution in [0.2, 0.25) is 0 Å². The lowest BCUT2D eigenvalue weighted by atomic mass is 10.1. The third-order valence-electron chi connectivity index (χ3n) is 3.62. The summed E-state index contributed by atoms with van der Waals surface area (Å²) in [5.41, 5.74) is 2.65. The van der Waals surface area contributed by atoms with Crippen molar-refractivity contribution >= 4 is 29.7 Å². The maximum atomic E-state index is 12.2. The van der Waals surface area contributed by atoms with E-state index in [0.29, 0.717) is 13.0 Å². The summed E-state index contributed by atoms with van der Waals surface area (Å²) in [6.45, 7) is 3.58. The van der Waals surface area contributed by atoms with Crippen molar-refractivity contribution in [2.24, 2.45) is 0 Å². The van der Waals surface area contributed by atoms with E-state index in [4.69, 9.17) is 0 Å². The van der Waals surface area contributed by atoms with Crippen molar-refractivity contribution in [2.75, 3.05) is 11.9 Å². The van der Waals surface area contributed by atoms with Gasteiger partial charge in [-0.15, -0.1) is 12.4 Å². The number of nitro groups is 1. The first-order valence-corrected chi connectivity index (χ1v) is 7.92. The van der Waals surface area contributed by atoms with E-state index in [1.54, 1.807) is 12.1 Å². The minimum atomic E-state index is -0.430. The standard InChI is InChI=1S/C18H21N3O3.ClH/c1-2-19-13-15-7-3-4-9-17(15)20-18(22)11-10-14-6-5-8-16(12-14)21(23)24;/h3-9,12,19H,2,10-11,13H2,1H3,(H,20,22);1H. The Morgan fingerprint density at radius 3 is 2.64 bits per heavy atom. The smallest absolute Gasteiger partial charge is 0.269 e. The number of hydrogen-bond donors (Lipinski definition) is 2. The van der Waals surface area contributed by atoms with Crippen LogP contribution >= 0.6 is 12.4 Å². The minimum Gasteiger partial charge on any atom is -0.326 e. The van der Waals surface area contributed by atoms with Gasteiger partial charge in [0.15, 0.2) is 0 Å². The lowest BCUT2D eigenvalue weighted by Gasteiger charge is -2.11. The predicted molar refractivity (Wildman–Crippen MR) is 101 cm³/mol. The third-order valence-corrected chi connectivity index (χ3v) is 3.62. The Bertz CT molecular complexity index is 722. The Labute approximate surface area is 153 Å². The van der Waals surface area contributed by atoms with Gasteiger partial charge in [0.1, 0.15) is 0 Å². The molecule has 0 saturated carbocycles. The molecule has 0 aliphatic carbocycles. The largest absolute Gasteiger partial charge is 0.326 e. The fourth-order valence-electron chi connectivity index (χ4n) is 2.35. The summed E-state index contributed by atoms with van der Waals surface area (Å²) in [6.07, 6.45) is 0.736. The first-order valence-electron chi connectivity index (χ1n) is 7.92. The van der Waals surface area contributed by atoms with Crippen molar-refractivity contribution in [1.82, 2.24) is 5.32 Å². The Hall–Kier alpha value is -2.44. The minimum absolute atomic E-state index is 0. The second-order valence-corrected chi connectivity index (χ2v) is 5.41. The zero-order valence-electron chi connectivity index (χ0n) is 14.0. The van der Waals surface area contributed by atoms with Crippen LogP contribution in [0.4, 0.5) is 11.4 Å². The van der Waals surface area contributed by atoms with Gasteiger partial charge < -0.3 is 10.6 Å². The number of para-hydroxylation sites is 1. The Balaban J connectivity index is 0.00000312. The highest BCUT2D eigenvalue weighted by atomic mass is 35.5. The molecule has 0 unspecified atom stereocenters. The highest BCUT2D eigenvalue weighted by molar-refractivity contribution is 5.91. The van der Waals surface area contributed by atoms with Gasteiger partial charge in [-0.05, 0) is 30.2 Å². The van der Waals surface area contributed by atoms with E-state index in [1.807, 2.05) is 31.2 Å². The quantitative estimate of drug-likeness (QED) is 0.553. The van der Waals surface area contributed by atoms with Gasteiger partial charge in [0.05, 0.1) is 4.92 Å². The van der Waals surface area contributed by atoms with Gasteiger partial charge in [-0.1, -0.05) is 37.3 Å². The summed E-state index contributed by atoms with van der Waals surface area (Å²) < 4.78 is 0. The number of benzene rings is 2. The fraction of sp³-hybridized carbons (Fsp3) is 0.278. The van der Waals surface area contributed by atoms with Crippen LogP contribution in [-0.2, 0) is 17.8 Å². The van der Waals surface area contributed by atoms with E-state index in [-0.39, 0.29) is 30.4 Å². The number of halogens is 1. The first-order chi connectivity index (χ1) is 11.6. The van der Waals surface area contributed by atoms with Crippen LogP contribution in [0.15, 0.2) is 48.5 Å². The lowest BCUT2D eigenvalue weighted by molar-refractivity contribution is -0.384. The molecule has 0 heterocycles. The second-order valence-electron chi connectivity index (χ2n) is 5.41. The number of nitrogens with zero attached hydrogens (tertiary/aromatic N) is 1. The summed E-state index contributed by atoms with van der Waals surface area (Å²) in [5, 5.41) is 16.9. The van der Waals surface area contributed by atoms with Gasteiger partial charge in [-0.2, -0.15) is 0 Å². The van der Waals surface area contributed by atoms with Crippen LogP contribution in [0, 0.1) is 10.1 Å². The summed E-state index contributed by atoms with van der Waals surface area (Å²) in [7, 11) is 0. The average molecular weight is 364 g/mol. The number of carbonyl (C=O) groups is 1. The highest BCUT2D eigenvalue weighted by Gasteiger charge is 2.09. The number of non-ortho nitro benzene ring substituents is 1. The maximum absolute atomic E-state index is 12.2. The Morgan fingerprint density at radius 1 is 1.16 bits per heavy atom. The van der Waals surface area contributed by atoms with Gasteiger partial charge in [-0.25, -0.2) is 0 Å². The lowest BCUT2D eigenvalue weighted by Crippen LogP contribution is -2.17. The molecule has 2 rings (SSSR count). The Kier molecular flexibility index (Phi) is 8.60. The SMILES string of the molecule is CCNCc1ccccc1NC(=O)CCc1cccc([N+](=O)[O-])c1.Cl. The summed E-state index contributed by atoms with van der Waals surface area (Å²) >= 11 is 0. The van der Waals surface area contributed by atoms with Gasteiger partial charge in [-0.3, -0.25) is 14.9 Å². The second kappa shape index (κ2) is 10.4. The molecule has 0 spiro atoms. The molecule has 0 aliphatic rings. The molecular formula is C18H22ClN3O3. The van der Waals surface area contributed by atoms with E-state index < -0.39 is 4.92 Å². The van der Waals surface area contributed by atoms with Crippen molar-refractivity contribution in [3.8, 4) is 0 Å². The number of aryl methyl sites for hydroxylation is 1. The van der Waals surface area contributed by atoms with E-state index in [2.05, 4.69) is 10.6 Å². The van der Waals surface area contributed by atoms with Gasteiger partial charge in [0.25, 0.3) is 5.69 Å². The molecule has 2 N–H and O–H groups in total. The maximum Gasteiger partial charge on any atom is 0.269 e. The molecule has 0 atom stereocenters. The van der Waals surface area contributed by atoms with Crippen LogP contribution in [0.5, 0.6) is 0 Å². The first kappa shape index (κ1) is 20.6. The molecule has 134 valence electrons. The van der Waals surface area contributed by atoms with E-state index >= 15 is 0 Å². The molecular weight excluding hydrogens is 342 g/mol.